The van der Waals surface area contributed by atoms with Crippen molar-refractivity contribution in [3.8, 4) is 0 Å². The Morgan fingerprint density at radius 1 is 1.62 bits per heavy atom. The number of nitrogens with zero attached hydrogens (tertiary/aromatic N) is 2. The normalized spacial score (nSPS) is 10.5. The largest absolute Gasteiger partial charge is 0.366 e. The van der Waals surface area contributed by atoms with Crippen LogP contribution >= 0.6 is 0 Å². The number of nitrogens with two attached hydrogens (primary N) is 1. The molecule has 16 heavy (non-hydrogen) atoms. The number of carbonyl (C=O) groups is 1. The van der Waals surface area contributed by atoms with E-state index in [0.29, 0.717) is 6.20 Å². The lowest BCUT2D eigenvalue weighted by molar-refractivity contribution is -0.386. The number of nitro groups is 1. The van der Waals surface area contributed by atoms with Crippen molar-refractivity contribution in [3.05, 3.63) is 33.1 Å². The highest BCUT2D eigenvalue weighted by Crippen LogP contribution is 2.32. The van der Waals surface area contributed by atoms with Crippen molar-refractivity contribution in [1.82, 2.24) is 4.98 Å². The molecule has 1 rings (SSSR count). The summed E-state index contributed by atoms with van der Waals surface area (Å²) in [6, 6.07) is 0. The van der Waals surface area contributed by atoms with Gasteiger partial charge >= 0.3 is 0 Å². The third-order valence-electron chi connectivity index (χ3n) is 1.95. The minimum absolute atomic E-state index is 0.0617. The van der Waals surface area contributed by atoms with Crippen molar-refractivity contribution < 1.29 is 18.5 Å². The first-order valence-electron chi connectivity index (χ1n) is 4.08. The van der Waals surface area contributed by atoms with E-state index in [1.54, 1.807) is 0 Å². The maximum Gasteiger partial charge on any atom is 0.297 e. The average molecular weight is 231 g/mol. The van der Waals surface area contributed by atoms with Crippen LogP contribution in [0.15, 0.2) is 6.20 Å². The molecule has 1 amide bonds. The fourth-order valence-corrected chi connectivity index (χ4v) is 1.29. The smallest absolute Gasteiger partial charge is 0.297 e. The molecule has 0 spiro atoms. The van der Waals surface area contributed by atoms with Crippen LogP contribution in [-0.2, 0) is 0 Å². The maximum atomic E-state index is 12.6. The van der Waals surface area contributed by atoms with Crippen molar-refractivity contribution >= 4 is 11.6 Å². The third-order valence-corrected chi connectivity index (χ3v) is 1.95. The molecule has 0 unspecified atom stereocenters. The number of amides is 1. The highest BCUT2D eigenvalue weighted by atomic mass is 19.3. The summed E-state index contributed by atoms with van der Waals surface area (Å²) in [7, 11) is 0. The number of hydrogen-bond acceptors (Lipinski definition) is 4. The van der Waals surface area contributed by atoms with E-state index in [2.05, 4.69) is 4.98 Å². The zero-order chi connectivity index (χ0) is 12.5. The maximum absolute atomic E-state index is 12.6. The van der Waals surface area contributed by atoms with Crippen LogP contribution in [0, 0.1) is 17.0 Å². The van der Waals surface area contributed by atoms with Gasteiger partial charge in [0.15, 0.2) is 0 Å². The van der Waals surface area contributed by atoms with Crippen molar-refractivity contribution in [1.29, 1.82) is 0 Å². The molecule has 0 atom stereocenters. The minimum atomic E-state index is -3.16. The van der Waals surface area contributed by atoms with Crippen LogP contribution in [-0.4, -0.2) is 15.8 Å². The lowest BCUT2D eigenvalue weighted by Gasteiger charge is -2.08. The van der Waals surface area contributed by atoms with Gasteiger partial charge < -0.3 is 5.73 Å². The molecule has 0 aliphatic heterocycles. The highest BCUT2D eigenvalue weighted by Gasteiger charge is 2.29. The van der Waals surface area contributed by atoms with E-state index >= 15 is 0 Å². The van der Waals surface area contributed by atoms with Gasteiger partial charge in [-0.15, -0.1) is 0 Å². The first-order chi connectivity index (χ1) is 7.36. The summed E-state index contributed by atoms with van der Waals surface area (Å²) in [5.41, 5.74) is 2.34. The Kier molecular flexibility index (Phi) is 3.11. The number of rotatable bonds is 3. The van der Waals surface area contributed by atoms with Crippen LogP contribution in [0.5, 0.6) is 0 Å². The van der Waals surface area contributed by atoms with Crippen LogP contribution in [0.25, 0.3) is 0 Å². The van der Waals surface area contributed by atoms with Gasteiger partial charge in [-0.1, -0.05) is 0 Å². The molecule has 6 nitrogen and oxygen atoms in total. The summed E-state index contributed by atoms with van der Waals surface area (Å²) >= 11 is 0. The van der Waals surface area contributed by atoms with Crippen LogP contribution in [0.1, 0.15) is 28.0 Å². The molecule has 0 aliphatic carbocycles. The fraction of sp³-hybridized carbons (Fsp3) is 0.250. The quantitative estimate of drug-likeness (QED) is 0.626. The van der Waals surface area contributed by atoms with Crippen molar-refractivity contribution in [3.63, 3.8) is 0 Å². The summed E-state index contributed by atoms with van der Waals surface area (Å²) in [6.45, 7) is 1.27. The first-order valence-corrected chi connectivity index (χ1v) is 4.08. The molecular weight excluding hydrogens is 224 g/mol. The summed E-state index contributed by atoms with van der Waals surface area (Å²) in [5, 5.41) is 10.5. The predicted octanol–water partition coefficient (Wildman–Crippen LogP) is 1.33. The Labute approximate surface area is 88.2 Å². The van der Waals surface area contributed by atoms with E-state index in [1.807, 2.05) is 0 Å². The van der Waals surface area contributed by atoms with Gasteiger partial charge in [-0.25, -0.2) is 8.78 Å². The van der Waals surface area contributed by atoms with E-state index in [4.69, 9.17) is 5.73 Å². The Hall–Kier alpha value is -2.12. The van der Waals surface area contributed by atoms with E-state index in [9.17, 15) is 23.7 Å². The summed E-state index contributed by atoms with van der Waals surface area (Å²) in [5.74, 6) is -1.16. The average Bonchev–Trinajstić information content (AvgIpc) is 2.15. The number of carbonyl (C=O) groups excluding carboxylic acids is 1. The highest BCUT2D eigenvalue weighted by molar-refractivity contribution is 5.96. The molecule has 0 aromatic carbocycles. The molecule has 0 bridgehead atoms. The molecule has 86 valence electrons. The molecule has 0 radical (unpaired) electrons. The number of primary amides is 1. The van der Waals surface area contributed by atoms with Crippen LogP contribution in [0.2, 0.25) is 0 Å². The first kappa shape index (κ1) is 12.0. The number of aromatic nitrogens is 1. The molecule has 0 fully saturated rings. The summed E-state index contributed by atoms with van der Waals surface area (Å²) in [6.07, 6.45) is -2.48. The SMILES string of the molecule is Cc1ncc([N+](=O)[O-])c(C(F)F)c1C(N)=O. The van der Waals surface area contributed by atoms with Gasteiger partial charge in [0, 0.05) is 0 Å². The Bertz CT molecular complexity index is 462. The molecule has 0 saturated carbocycles. The van der Waals surface area contributed by atoms with E-state index in [-0.39, 0.29) is 5.69 Å². The second-order valence-corrected chi connectivity index (χ2v) is 2.94. The molecule has 1 heterocycles. The standard InChI is InChI=1S/C8H7F2N3O3/c1-3-5(8(11)14)6(7(9)10)4(2-12-3)13(15)16/h2,7H,1H3,(H2,11,14). The number of hydrogen-bond donors (Lipinski definition) is 1. The van der Waals surface area contributed by atoms with Crippen LogP contribution in [0.4, 0.5) is 14.5 Å². The van der Waals surface area contributed by atoms with Crippen LogP contribution in [0.3, 0.4) is 0 Å². The molecule has 1 aromatic heterocycles. The fourth-order valence-electron chi connectivity index (χ4n) is 1.29. The third kappa shape index (κ3) is 1.95. The van der Waals surface area contributed by atoms with Crippen molar-refractivity contribution in [2.24, 2.45) is 5.73 Å². The molecule has 0 aliphatic rings. The Balaban J connectivity index is 3.63. The van der Waals surface area contributed by atoms with Crippen molar-refractivity contribution in [2.45, 2.75) is 13.3 Å². The van der Waals surface area contributed by atoms with Gasteiger partial charge in [0.1, 0.15) is 11.8 Å². The predicted molar refractivity (Wildman–Crippen MR) is 49.1 cm³/mol. The minimum Gasteiger partial charge on any atom is -0.366 e. The molecular formula is C8H7F2N3O3. The van der Waals surface area contributed by atoms with E-state index in [1.165, 1.54) is 6.92 Å². The lowest BCUT2D eigenvalue weighted by Crippen LogP contribution is -2.18. The lowest BCUT2D eigenvalue weighted by atomic mass is 10.1. The van der Waals surface area contributed by atoms with Gasteiger partial charge in [0.25, 0.3) is 18.0 Å². The molecule has 0 saturated heterocycles. The molecule has 8 heteroatoms. The number of aryl methyl sites for hydroxylation is 1. The second-order valence-electron chi connectivity index (χ2n) is 2.94. The van der Waals surface area contributed by atoms with Gasteiger partial charge in [-0.05, 0) is 6.92 Å². The Morgan fingerprint density at radius 2 is 2.19 bits per heavy atom. The van der Waals surface area contributed by atoms with E-state index in [0.717, 1.165) is 0 Å². The summed E-state index contributed by atoms with van der Waals surface area (Å²) in [4.78, 5) is 23.9. The van der Waals surface area contributed by atoms with E-state index < -0.39 is 34.1 Å². The summed E-state index contributed by atoms with van der Waals surface area (Å²) < 4.78 is 25.3. The number of halogens is 2. The zero-order valence-corrected chi connectivity index (χ0v) is 8.11. The van der Waals surface area contributed by atoms with Gasteiger partial charge in [0.05, 0.1) is 16.2 Å². The molecule has 2 N–H and O–H groups in total. The van der Waals surface area contributed by atoms with Gasteiger partial charge in [-0.2, -0.15) is 0 Å². The van der Waals surface area contributed by atoms with Gasteiger partial charge in [-0.3, -0.25) is 19.9 Å². The number of alkyl halides is 2. The number of pyridine rings is 1. The van der Waals surface area contributed by atoms with Crippen molar-refractivity contribution in [2.75, 3.05) is 0 Å². The Morgan fingerprint density at radius 3 is 2.56 bits per heavy atom. The second kappa shape index (κ2) is 4.17. The topological polar surface area (TPSA) is 99.1 Å². The zero-order valence-electron chi connectivity index (χ0n) is 8.11. The molecule has 1 aromatic rings. The van der Waals surface area contributed by atoms with Crippen LogP contribution < -0.4 is 5.73 Å². The monoisotopic (exact) mass is 231 g/mol. The van der Waals surface area contributed by atoms with Gasteiger partial charge in [0.2, 0.25) is 0 Å².